The molecule has 2 atom stereocenters. The van der Waals surface area contributed by atoms with Gasteiger partial charge in [-0.1, -0.05) is 40.5 Å². The first-order valence-corrected chi connectivity index (χ1v) is 7.38. The molecule has 1 aromatic heterocycles. The first kappa shape index (κ1) is 15.2. The third-order valence-corrected chi connectivity index (χ3v) is 3.56. The smallest absolute Gasteiger partial charge is 0.0625 e. The molecule has 0 aliphatic carbocycles. The van der Waals surface area contributed by atoms with Gasteiger partial charge in [-0.2, -0.15) is 5.10 Å². The van der Waals surface area contributed by atoms with Crippen molar-refractivity contribution >= 4 is 0 Å². The fourth-order valence-electron chi connectivity index (χ4n) is 2.61. The van der Waals surface area contributed by atoms with E-state index in [4.69, 9.17) is 0 Å². The van der Waals surface area contributed by atoms with E-state index in [1.165, 1.54) is 30.7 Å². The maximum absolute atomic E-state index is 4.56. The van der Waals surface area contributed by atoms with Crippen LogP contribution in [-0.4, -0.2) is 16.3 Å². The zero-order valence-corrected chi connectivity index (χ0v) is 12.7. The van der Waals surface area contributed by atoms with Gasteiger partial charge in [0, 0.05) is 13.1 Å². The van der Waals surface area contributed by atoms with Gasteiger partial charge in [0.1, 0.15) is 0 Å². The van der Waals surface area contributed by atoms with Crippen molar-refractivity contribution in [3.05, 3.63) is 17.5 Å². The van der Waals surface area contributed by atoms with Gasteiger partial charge in [0.05, 0.1) is 11.4 Å². The molecule has 0 saturated carbocycles. The molecule has 3 heteroatoms. The minimum absolute atomic E-state index is 0.439. The van der Waals surface area contributed by atoms with Crippen molar-refractivity contribution in [2.45, 2.75) is 59.4 Å². The van der Waals surface area contributed by atoms with Crippen LogP contribution in [0.4, 0.5) is 0 Å². The molecule has 0 fully saturated rings. The number of hydrogen-bond donors (Lipinski definition) is 1. The van der Waals surface area contributed by atoms with Crippen molar-refractivity contribution in [3.63, 3.8) is 0 Å². The van der Waals surface area contributed by atoms with Crippen molar-refractivity contribution < 1.29 is 0 Å². The van der Waals surface area contributed by atoms with Gasteiger partial charge in [-0.15, -0.1) is 0 Å². The average Bonchev–Trinajstić information content (AvgIpc) is 2.70. The van der Waals surface area contributed by atoms with Gasteiger partial charge in [0.2, 0.25) is 0 Å². The molecule has 0 amide bonds. The van der Waals surface area contributed by atoms with Crippen LogP contribution in [0.15, 0.2) is 6.07 Å². The molecule has 1 heterocycles. The Bertz CT molecular complexity index is 344. The van der Waals surface area contributed by atoms with Crippen molar-refractivity contribution in [2.75, 3.05) is 6.54 Å². The van der Waals surface area contributed by atoms with Crippen molar-refractivity contribution in [3.8, 4) is 0 Å². The number of nitrogens with zero attached hydrogens (tertiary/aromatic N) is 2. The molecule has 1 rings (SSSR count). The fourth-order valence-corrected chi connectivity index (χ4v) is 2.61. The molecule has 0 aliphatic rings. The highest BCUT2D eigenvalue weighted by Crippen LogP contribution is 2.24. The van der Waals surface area contributed by atoms with E-state index in [0.29, 0.717) is 6.04 Å². The van der Waals surface area contributed by atoms with Crippen LogP contribution in [-0.2, 0) is 13.5 Å². The molecule has 0 spiro atoms. The molecule has 0 bridgehead atoms. The maximum Gasteiger partial charge on any atom is 0.0625 e. The zero-order valence-electron chi connectivity index (χ0n) is 12.7. The number of rotatable bonds is 8. The van der Waals surface area contributed by atoms with Crippen LogP contribution in [0.5, 0.6) is 0 Å². The molecule has 0 aliphatic heterocycles. The Morgan fingerprint density at radius 2 is 2.06 bits per heavy atom. The van der Waals surface area contributed by atoms with E-state index in [9.17, 15) is 0 Å². The monoisotopic (exact) mass is 251 g/mol. The Kier molecular flexibility index (Phi) is 6.41. The Morgan fingerprint density at radius 3 is 2.56 bits per heavy atom. The summed E-state index contributed by atoms with van der Waals surface area (Å²) in [6, 6.07) is 2.70. The summed E-state index contributed by atoms with van der Waals surface area (Å²) >= 11 is 0. The van der Waals surface area contributed by atoms with Crippen LogP contribution in [0.1, 0.15) is 64.4 Å². The molecular formula is C15H29N3. The largest absolute Gasteiger partial charge is 0.309 e. The summed E-state index contributed by atoms with van der Waals surface area (Å²) < 4.78 is 2.05. The summed E-state index contributed by atoms with van der Waals surface area (Å²) in [5.41, 5.74) is 2.52. The van der Waals surface area contributed by atoms with E-state index in [1.54, 1.807) is 0 Å². The van der Waals surface area contributed by atoms with Gasteiger partial charge in [-0.05, 0) is 31.4 Å². The number of nitrogens with one attached hydrogen (secondary N) is 1. The number of hydrogen-bond acceptors (Lipinski definition) is 2. The average molecular weight is 251 g/mol. The summed E-state index contributed by atoms with van der Waals surface area (Å²) in [6.45, 7) is 9.96. The van der Waals surface area contributed by atoms with Gasteiger partial charge >= 0.3 is 0 Å². The molecule has 0 saturated heterocycles. The summed E-state index contributed by atoms with van der Waals surface area (Å²) in [6.07, 6.45) is 4.79. The summed E-state index contributed by atoms with van der Waals surface area (Å²) in [4.78, 5) is 0. The second-order valence-electron chi connectivity index (χ2n) is 5.28. The Labute approximate surface area is 112 Å². The van der Waals surface area contributed by atoms with Crippen LogP contribution < -0.4 is 5.32 Å². The van der Waals surface area contributed by atoms with Gasteiger partial charge < -0.3 is 5.32 Å². The Hall–Kier alpha value is -0.830. The lowest BCUT2D eigenvalue weighted by atomic mass is 9.95. The highest BCUT2D eigenvalue weighted by molar-refractivity contribution is 5.14. The lowest BCUT2D eigenvalue weighted by Gasteiger charge is -2.21. The molecular weight excluding hydrogens is 222 g/mol. The van der Waals surface area contributed by atoms with Crippen LogP contribution in [0, 0.1) is 5.92 Å². The molecule has 2 unspecified atom stereocenters. The number of aryl methyl sites for hydroxylation is 2. The Balaban J connectivity index is 2.79. The van der Waals surface area contributed by atoms with Crippen LogP contribution in [0.3, 0.4) is 0 Å². The molecule has 104 valence electrons. The third-order valence-electron chi connectivity index (χ3n) is 3.56. The first-order chi connectivity index (χ1) is 8.62. The maximum atomic E-state index is 4.56. The highest BCUT2D eigenvalue weighted by atomic mass is 15.3. The van der Waals surface area contributed by atoms with E-state index >= 15 is 0 Å². The van der Waals surface area contributed by atoms with Crippen molar-refractivity contribution in [2.24, 2.45) is 13.0 Å². The van der Waals surface area contributed by atoms with E-state index in [1.807, 2.05) is 4.68 Å². The molecule has 1 aromatic rings. The Morgan fingerprint density at radius 1 is 1.33 bits per heavy atom. The van der Waals surface area contributed by atoms with E-state index < -0.39 is 0 Å². The van der Waals surface area contributed by atoms with Gasteiger partial charge in [0.15, 0.2) is 0 Å². The number of aromatic nitrogens is 2. The SMILES string of the molecule is CCCC(C)CC(NCC)c1cc(CC)nn1C. The molecule has 18 heavy (non-hydrogen) atoms. The van der Waals surface area contributed by atoms with Crippen molar-refractivity contribution in [1.29, 1.82) is 0 Å². The fraction of sp³-hybridized carbons (Fsp3) is 0.800. The summed E-state index contributed by atoms with van der Waals surface area (Å²) in [7, 11) is 2.06. The quantitative estimate of drug-likeness (QED) is 0.767. The molecule has 1 N–H and O–H groups in total. The topological polar surface area (TPSA) is 29.9 Å². The second kappa shape index (κ2) is 7.57. The molecule has 3 nitrogen and oxygen atoms in total. The lowest BCUT2D eigenvalue weighted by molar-refractivity contribution is 0.381. The minimum atomic E-state index is 0.439. The lowest BCUT2D eigenvalue weighted by Crippen LogP contribution is -2.25. The van der Waals surface area contributed by atoms with Gasteiger partial charge in [-0.3, -0.25) is 4.68 Å². The summed E-state index contributed by atoms with van der Waals surface area (Å²) in [5.74, 6) is 0.763. The van der Waals surface area contributed by atoms with Crippen LogP contribution in [0.25, 0.3) is 0 Å². The standard InChI is InChI=1S/C15H29N3/c1-6-9-12(4)10-14(16-8-3)15-11-13(7-2)17-18(15)5/h11-12,14,16H,6-10H2,1-5H3. The second-order valence-corrected chi connectivity index (χ2v) is 5.28. The zero-order chi connectivity index (χ0) is 13.5. The van der Waals surface area contributed by atoms with Crippen molar-refractivity contribution in [1.82, 2.24) is 15.1 Å². The minimum Gasteiger partial charge on any atom is -0.309 e. The van der Waals surface area contributed by atoms with Crippen LogP contribution >= 0.6 is 0 Å². The van der Waals surface area contributed by atoms with Crippen LogP contribution in [0.2, 0.25) is 0 Å². The highest BCUT2D eigenvalue weighted by Gasteiger charge is 2.18. The predicted molar refractivity (Wildman–Crippen MR) is 77.7 cm³/mol. The summed E-state index contributed by atoms with van der Waals surface area (Å²) in [5, 5.41) is 8.17. The third kappa shape index (κ3) is 4.13. The van der Waals surface area contributed by atoms with Gasteiger partial charge in [-0.25, -0.2) is 0 Å². The van der Waals surface area contributed by atoms with E-state index in [-0.39, 0.29) is 0 Å². The normalized spacial score (nSPS) is 14.7. The van der Waals surface area contributed by atoms with Gasteiger partial charge in [0.25, 0.3) is 0 Å². The predicted octanol–water partition coefficient (Wildman–Crippen LogP) is 3.46. The van der Waals surface area contributed by atoms with E-state index in [0.717, 1.165) is 18.9 Å². The van der Waals surface area contributed by atoms with E-state index in [2.05, 4.69) is 51.2 Å². The first-order valence-electron chi connectivity index (χ1n) is 7.38. The molecule has 0 radical (unpaired) electrons. The molecule has 0 aromatic carbocycles.